The molecule has 0 saturated heterocycles. The molecule has 2 aromatic carbocycles. The van der Waals surface area contributed by atoms with E-state index in [-0.39, 0.29) is 5.60 Å². The summed E-state index contributed by atoms with van der Waals surface area (Å²) in [6.45, 7) is 10.5. The van der Waals surface area contributed by atoms with Crippen molar-refractivity contribution in [1.82, 2.24) is 0 Å². The first-order valence-electron chi connectivity index (χ1n) is 10.4. The lowest BCUT2D eigenvalue weighted by Gasteiger charge is -2.39. The summed E-state index contributed by atoms with van der Waals surface area (Å²) in [4.78, 5) is 0. The number of nitrogens with zero attached hydrogens (tertiary/aromatic N) is 1. The normalized spacial score (nSPS) is 19.1. The molecule has 0 spiro atoms. The average Bonchev–Trinajstić information content (AvgIpc) is 2.65. The summed E-state index contributed by atoms with van der Waals surface area (Å²) in [7, 11) is 6.74. The molecule has 1 aliphatic heterocycles. The molecular weight excluding hydrogens is 346 g/mol. The summed E-state index contributed by atoms with van der Waals surface area (Å²) in [5.74, 6) is 2.12. The van der Waals surface area contributed by atoms with Crippen LogP contribution in [0, 0.1) is 20.8 Å². The molecule has 152 valence electrons. The fraction of sp³-hybridized carbons (Fsp3) is 0.520. The van der Waals surface area contributed by atoms with Crippen LogP contribution in [0.2, 0.25) is 0 Å². The largest absolute Gasteiger partial charge is 0.488 e. The standard InChI is InChI=1S/C25H36NO2/c1-18-19(2)24-22(13-14-25(4,28-24)15-16-26(5,6)7)20(3)23(18)27-17-21-11-9-8-10-12-21/h8-12H,13-17H2,1-7H3/q+1/t25-/m1/s1. The van der Waals surface area contributed by atoms with E-state index in [1.165, 1.54) is 27.8 Å². The molecule has 0 radical (unpaired) electrons. The molecule has 1 aliphatic rings. The molecule has 0 N–H and O–H groups in total. The summed E-state index contributed by atoms with van der Waals surface area (Å²) >= 11 is 0. The first-order chi connectivity index (χ1) is 13.1. The number of benzene rings is 2. The summed E-state index contributed by atoms with van der Waals surface area (Å²) in [6, 6.07) is 10.4. The highest BCUT2D eigenvalue weighted by molar-refractivity contribution is 5.59. The van der Waals surface area contributed by atoms with E-state index < -0.39 is 0 Å². The Morgan fingerprint density at radius 3 is 2.32 bits per heavy atom. The van der Waals surface area contributed by atoms with Gasteiger partial charge in [-0.15, -0.1) is 0 Å². The van der Waals surface area contributed by atoms with Crippen LogP contribution in [0.25, 0.3) is 0 Å². The molecule has 1 atom stereocenters. The predicted molar refractivity (Wildman–Crippen MR) is 116 cm³/mol. The quantitative estimate of drug-likeness (QED) is 0.625. The monoisotopic (exact) mass is 382 g/mol. The molecule has 1 heterocycles. The molecule has 0 saturated carbocycles. The summed E-state index contributed by atoms with van der Waals surface area (Å²) in [6.07, 6.45) is 3.18. The fourth-order valence-electron chi connectivity index (χ4n) is 3.98. The summed E-state index contributed by atoms with van der Waals surface area (Å²) in [5, 5.41) is 0. The summed E-state index contributed by atoms with van der Waals surface area (Å²) < 4.78 is 13.9. The van der Waals surface area contributed by atoms with Gasteiger partial charge in [0.25, 0.3) is 0 Å². The maximum Gasteiger partial charge on any atom is 0.127 e. The molecule has 0 amide bonds. The lowest BCUT2D eigenvalue weighted by atomic mass is 9.85. The highest BCUT2D eigenvalue weighted by atomic mass is 16.5. The Morgan fingerprint density at radius 1 is 1.00 bits per heavy atom. The van der Waals surface area contributed by atoms with E-state index >= 15 is 0 Å². The second kappa shape index (κ2) is 7.79. The van der Waals surface area contributed by atoms with Crippen molar-refractivity contribution < 1.29 is 14.0 Å². The van der Waals surface area contributed by atoms with E-state index in [2.05, 4.69) is 73.1 Å². The van der Waals surface area contributed by atoms with Gasteiger partial charge in [-0.1, -0.05) is 30.3 Å². The molecule has 3 heteroatoms. The van der Waals surface area contributed by atoms with Gasteiger partial charge in [0.15, 0.2) is 0 Å². The molecule has 0 unspecified atom stereocenters. The zero-order valence-electron chi connectivity index (χ0n) is 18.7. The third-order valence-corrected chi connectivity index (χ3v) is 6.10. The highest BCUT2D eigenvalue weighted by Crippen LogP contribution is 2.44. The third kappa shape index (κ3) is 4.52. The molecule has 0 bridgehead atoms. The highest BCUT2D eigenvalue weighted by Gasteiger charge is 2.36. The van der Waals surface area contributed by atoms with Crippen LogP contribution in [0.15, 0.2) is 30.3 Å². The van der Waals surface area contributed by atoms with Crippen molar-refractivity contribution in [3.63, 3.8) is 0 Å². The number of rotatable bonds is 6. The van der Waals surface area contributed by atoms with Gasteiger partial charge in [-0.3, -0.25) is 0 Å². The Morgan fingerprint density at radius 2 is 1.68 bits per heavy atom. The minimum atomic E-state index is -0.0887. The third-order valence-electron chi connectivity index (χ3n) is 6.10. The maximum absolute atomic E-state index is 6.66. The molecule has 3 rings (SSSR count). The molecule has 0 fully saturated rings. The number of hydrogen-bond donors (Lipinski definition) is 0. The Hall–Kier alpha value is -2.00. The molecule has 0 aliphatic carbocycles. The predicted octanol–water partition coefficient (Wildman–Crippen LogP) is 5.37. The zero-order chi connectivity index (χ0) is 20.5. The fourth-order valence-corrected chi connectivity index (χ4v) is 3.98. The average molecular weight is 383 g/mol. The van der Waals surface area contributed by atoms with Gasteiger partial charge in [0.2, 0.25) is 0 Å². The number of quaternary nitrogens is 1. The van der Waals surface area contributed by atoms with Gasteiger partial charge in [0, 0.05) is 12.0 Å². The van der Waals surface area contributed by atoms with Gasteiger partial charge >= 0.3 is 0 Å². The van der Waals surface area contributed by atoms with Crippen LogP contribution in [0.1, 0.15) is 47.6 Å². The van der Waals surface area contributed by atoms with Crippen molar-refractivity contribution in [2.45, 2.75) is 59.2 Å². The molecular formula is C25H36NO2+. The number of fused-ring (bicyclic) bond motifs is 1. The van der Waals surface area contributed by atoms with Crippen molar-refractivity contribution in [2.24, 2.45) is 0 Å². The minimum absolute atomic E-state index is 0.0887. The van der Waals surface area contributed by atoms with Gasteiger partial charge in [-0.2, -0.15) is 0 Å². The van der Waals surface area contributed by atoms with Crippen molar-refractivity contribution in [1.29, 1.82) is 0 Å². The van der Waals surface area contributed by atoms with Crippen LogP contribution in [0.5, 0.6) is 11.5 Å². The van der Waals surface area contributed by atoms with Crippen LogP contribution in [0.4, 0.5) is 0 Å². The van der Waals surface area contributed by atoms with E-state index in [0.29, 0.717) is 6.61 Å². The van der Waals surface area contributed by atoms with Crippen LogP contribution < -0.4 is 9.47 Å². The first kappa shape index (κ1) is 20.7. The number of ether oxygens (including phenoxy) is 2. The van der Waals surface area contributed by atoms with Crippen molar-refractivity contribution in [3.05, 3.63) is 58.1 Å². The Bertz CT molecular complexity index is 836. The molecule has 0 aromatic heterocycles. The van der Waals surface area contributed by atoms with Crippen molar-refractivity contribution in [3.8, 4) is 11.5 Å². The SMILES string of the molecule is Cc1c(C)c2c(c(C)c1OCc1ccccc1)CC[C@](C)(CC[N+](C)(C)C)O2. The lowest BCUT2D eigenvalue weighted by molar-refractivity contribution is -0.871. The second-order valence-electron chi connectivity index (χ2n) is 9.60. The number of hydrogen-bond acceptors (Lipinski definition) is 2. The topological polar surface area (TPSA) is 18.5 Å². The minimum Gasteiger partial charge on any atom is -0.488 e. The Kier molecular flexibility index (Phi) is 5.77. The van der Waals surface area contributed by atoms with Crippen molar-refractivity contribution >= 4 is 0 Å². The van der Waals surface area contributed by atoms with Gasteiger partial charge in [-0.25, -0.2) is 0 Å². The van der Waals surface area contributed by atoms with Crippen LogP contribution >= 0.6 is 0 Å². The Balaban J connectivity index is 1.85. The lowest BCUT2D eigenvalue weighted by Crippen LogP contribution is -2.44. The molecule has 2 aromatic rings. The zero-order valence-corrected chi connectivity index (χ0v) is 18.7. The van der Waals surface area contributed by atoms with E-state index in [1.54, 1.807) is 0 Å². The Labute approximate surface area is 170 Å². The maximum atomic E-state index is 6.66. The van der Waals surface area contributed by atoms with Gasteiger partial charge in [0.1, 0.15) is 23.7 Å². The summed E-state index contributed by atoms with van der Waals surface area (Å²) in [5.41, 5.74) is 6.09. The van der Waals surface area contributed by atoms with E-state index in [1.807, 2.05) is 6.07 Å². The van der Waals surface area contributed by atoms with Crippen LogP contribution in [-0.4, -0.2) is 37.8 Å². The van der Waals surface area contributed by atoms with Gasteiger partial charge in [0.05, 0.1) is 27.7 Å². The molecule has 3 nitrogen and oxygen atoms in total. The van der Waals surface area contributed by atoms with Crippen molar-refractivity contribution in [2.75, 3.05) is 27.7 Å². The first-order valence-corrected chi connectivity index (χ1v) is 10.4. The van der Waals surface area contributed by atoms with E-state index in [0.717, 1.165) is 41.8 Å². The van der Waals surface area contributed by atoms with E-state index in [9.17, 15) is 0 Å². The second-order valence-corrected chi connectivity index (χ2v) is 9.60. The molecule has 28 heavy (non-hydrogen) atoms. The smallest absolute Gasteiger partial charge is 0.127 e. The van der Waals surface area contributed by atoms with E-state index in [4.69, 9.17) is 9.47 Å². The van der Waals surface area contributed by atoms with Crippen LogP contribution in [0.3, 0.4) is 0 Å². The van der Waals surface area contributed by atoms with Gasteiger partial charge in [-0.05, 0) is 62.8 Å². The van der Waals surface area contributed by atoms with Gasteiger partial charge < -0.3 is 14.0 Å². The van der Waals surface area contributed by atoms with Crippen LogP contribution in [-0.2, 0) is 13.0 Å².